The number of rotatable bonds is 3. The highest BCUT2D eigenvalue weighted by Gasteiger charge is 2.21. The van der Waals surface area contributed by atoms with Crippen molar-refractivity contribution < 1.29 is 9.18 Å². The number of carbonyl (C=O) groups excluding carboxylic acids is 1. The molecule has 0 bridgehead atoms. The van der Waals surface area contributed by atoms with E-state index in [4.69, 9.17) is 0 Å². The van der Waals surface area contributed by atoms with E-state index in [0.29, 0.717) is 11.5 Å². The van der Waals surface area contributed by atoms with E-state index in [2.05, 4.69) is 15.4 Å². The van der Waals surface area contributed by atoms with Crippen LogP contribution in [0, 0.1) is 12.7 Å². The van der Waals surface area contributed by atoms with Crippen LogP contribution in [-0.2, 0) is 0 Å². The molecule has 1 amide bonds. The Bertz CT molecular complexity index is 644. The Morgan fingerprint density at radius 2 is 1.95 bits per heavy atom. The summed E-state index contributed by atoms with van der Waals surface area (Å²) in [5.41, 5.74) is 0.682. The molecule has 0 spiro atoms. The van der Waals surface area contributed by atoms with Crippen LogP contribution in [0.1, 0.15) is 42.1 Å². The van der Waals surface area contributed by atoms with Crippen LogP contribution in [0.5, 0.6) is 0 Å². The lowest BCUT2D eigenvalue weighted by molar-refractivity contribution is 0.0927. The highest BCUT2D eigenvalue weighted by Crippen LogP contribution is 2.18. The minimum absolute atomic E-state index is 0.156. The van der Waals surface area contributed by atoms with Gasteiger partial charge in [-0.3, -0.25) is 4.79 Å². The second-order valence-corrected chi connectivity index (χ2v) is 5.33. The highest BCUT2D eigenvalue weighted by atomic mass is 19.1. The third-order valence-electron chi connectivity index (χ3n) is 3.73. The number of benzene rings is 1. The van der Waals surface area contributed by atoms with Crippen molar-refractivity contribution in [2.24, 2.45) is 0 Å². The van der Waals surface area contributed by atoms with E-state index in [9.17, 15) is 9.18 Å². The van der Waals surface area contributed by atoms with Crippen molar-refractivity contribution in [3.8, 4) is 5.69 Å². The Labute approximate surface area is 122 Å². The van der Waals surface area contributed by atoms with Crippen LogP contribution in [0.25, 0.3) is 5.69 Å². The Morgan fingerprint density at radius 1 is 1.29 bits per heavy atom. The molecule has 1 aliphatic rings. The van der Waals surface area contributed by atoms with E-state index in [1.165, 1.54) is 12.1 Å². The number of halogens is 1. The summed E-state index contributed by atoms with van der Waals surface area (Å²) in [6.45, 7) is 1.77. The fraction of sp³-hybridized carbons (Fsp3) is 0.400. The Kier molecular flexibility index (Phi) is 3.68. The number of carbonyl (C=O) groups is 1. The van der Waals surface area contributed by atoms with E-state index >= 15 is 0 Å². The average Bonchev–Trinajstić information content (AvgIpc) is 3.09. The molecule has 1 aliphatic carbocycles. The maximum absolute atomic E-state index is 13.0. The second kappa shape index (κ2) is 5.63. The van der Waals surface area contributed by atoms with Crippen LogP contribution in [0.4, 0.5) is 4.39 Å². The maximum atomic E-state index is 13.0. The number of hydrogen-bond acceptors (Lipinski definition) is 3. The first-order valence-corrected chi connectivity index (χ1v) is 7.14. The van der Waals surface area contributed by atoms with Crippen LogP contribution in [0.2, 0.25) is 0 Å². The minimum Gasteiger partial charge on any atom is -0.347 e. The van der Waals surface area contributed by atoms with Crippen molar-refractivity contribution >= 4 is 5.91 Å². The van der Waals surface area contributed by atoms with E-state index in [0.717, 1.165) is 25.7 Å². The molecule has 2 aromatic rings. The molecule has 0 radical (unpaired) electrons. The average molecular weight is 288 g/mol. The molecule has 21 heavy (non-hydrogen) atoms. The van der Waals surface area contributed by atoms with Crippen molar-refractivity contribution in [1.29, 1.82) is 0 Å². The van der Waals surface area contributed by atoms with Gasteiger partial charge in [-0.1, -0.05) is 12.8 Å². The molecule has 0 saturated heterocycles. The monoisotopic (exact) mass is 288 g/mol. The van der Waals surface area contributed by atoms with Gasteiger partial charge in [-0.25, -0.2) is 14.1 Å². The predicted molar refractivity (Wildman–Crippen MR) is 75.8 cm³/mol. The lowest BCUT2D eigenvalue weighted by Gasteiger charge is -2.09. The first-order chi connectivity index (χ1) is 10.1. The van der Waals surface area contributed by atoms with Crippen LogP contribution >= 0.6 is 0 Å². The fourth-order valence-electron chi connectivity index (χ4n) is 2.63. The summed E-state index contributed by atoms with van der Waals surface area (Å²) >= 11 is 0. The molecule has 3 rings (SSSR count). The Balaban J connectivity index is 1.80. The molecule has 1 saturated carbocycles. The minimum atomic E-state index is -0.310. The number of hydrogen-bond donors (Lipinski definition) is 1. The summed E-state index contributed by atoms with van der Waals surface area (Å²) in [4.78, 5) is 16.3. The quantitative estimate of drug-likeness (QED) is 0.943. The number of amides is 1. The summed E-state index contributed by atoms with van der Waals surface area (Å²) in [6, 6.07) is 6.16. The fourth-order valence-corrected chi connectivity index (χ4v) is 2.63. The second-order valence-electron chi connectivity index (χ2n) is 5.33. The summed E-state index contributed by atoms with van der Waals surface area (Å²) in [5.74, 6) is 0.198. The van der Waals surface area contributed by atoms with Gasteiger partial charge in [0.25, 0.3) is 5.91 Å². The zero-order valence-electron chi connectivity index (χ0n) is 11.8. The summed E-state index contributed by atoms with van der Waals surface area (Å²) in [6.07, 6.45) is 4.34. The topological polar surface area (TPSA) is 59.8 Å². The van der Waals surface area contributed by atoms with Gasteiger partial charge >= 0.3 is 0 Å². The molecular weight excluding hydrogens is 271 g/mol. The largest absolute Gasteiger partial charge is 0.347 e. The van der Waals surface area contributed by atoms with E-state index in [1.54, 1.807) is 23.7 Å². The molecule has 0 unspecified atom stereocenters. The van der Waals surface area contributed by atoms with Crippen molar-refractivity contribution in [3.63, 3.8) is 0 Å². The standard InChI is InChI=1S/C15H17FN4O/c1-10-17-14(15(21)18-12-4-2-3-5-12)19-20(10)13-8-6-11(16)7-9-13/h6-9,12H,2-5H2,1H3,(H,18,21). The van der Waals surface area contributed by atoms with Gasteiger partial charge in [0.2, 0.25) is 5.82 Å². The normalized spacial score (nSPS) is 15.3. The number of nitrogens with zero attached hydrogens (tertiary/aromatic N) is 3. The van der Waals surface area contributed by atoms with Gasteiger partial charge in [-0.2, -0.15) is 0 Å². The van der Waals surface area contributed by atoms with Gasteiger partial charge in [0.15, 0.2) is 0 Å². The zero-order chi connectivity index (χ0) is 14.8. The summed E-state index contributed by atoms with van der Waals surface area (Å²) in [5, 5.41) is 7.18. The molecule has 0 atom stereocenters. The molecule has 1 heterocycles. The molecule has 110 valence electrons. The third-order valence-corrected chi connectivity index (χ3v) is 3.73. The van der Waals surface area contributed by atoms with Gasteiger partial charge in [0, 0.05) is 6.04 Å². The molecular formula is C15H17FN4O. The number of aromatic nitrogens is 3. The molecule has 1 N–H and O–H groups in total. The summed E-state index contributed by atoms with van der Waals surface area (Å²) in [7, 11) is 0. The smallest absolute Gasteiger partial charge is 0.291 e. The summed E-state index contributed by atoms with van der Waals surface area (Å²) < 4.78 is 14.5. The SMILES string of the molecule is Cc1nc(C(=O)NC2CCCC2)nn1-c1ccc(F)cc1. The first-order valence-electron chi connectivity index (χ1n) is 7.14. The molecule has 1 aromatic carbocycles. The zero-order valence-corrected chi connectivity index (χ0v) is 11.8. The third kappa shape index (κ3) is 2.94. The van der Waals surface area contributed by atoms with Crippen molar-refractivity contribution in [1.82, 2.24) is 20.1 Å². The van der Waals surface area contributed by atoms with E-state index < -0.39 is 0 Å². The van der Waals surface area contributed by atoms with Gasteiger partial charge in [0.05, 0.1) is 5.69 Å². The van der Waals surface area contributed by atoms with Gasteiger partial charge in [-0.05, 0) is 44.0 Å². The van der Waals surface area contributed by atoms with Crippen LogP contribution in [-0.4, -0.2) is 26.7 Å². The predicted octanol–water partition coefficient (Wildman–Crippen LogP) is 2.39. The Morgan fingerprint density at radius 3 is 2.62 bits per heavy atom. The lowest BCUT2D eigenvalue weighted by Crippen LogP contribution is -2.33. The maximum Gasteiger partial charge on any atom is 0.291 e. The molecule has 1 aromatic heterocycles. The lowest BCUT2D eigenvalue weighted by atomic mass is 10.2. The van der Waals surface area contributed by atoms with Crippen LogP contribution in [0.3, 0.4) is 0 Å². The first kappa shape index (κ1) is 13.7. The highest BCUT2D eigenvalue weighted by molar-refractivity contribution is 5.90. The van der Waals surface area contributed by atoms with Crippen molar-refractivity contribution in [2.45, 2.75) is 38.6 Å². The molecule has 0 aliphatic heterocycles. The molecule has 1 fully saturated rings. The van der Waals surface area contributed by atoms with E-state index in [1.807, 2.05) is 0 Å². The van der Waals surface area contributed by atoms with Crippen LogP contribution < -0.4 is 5.32 Å². The van der Waals surface area contributed by atoms with E-state index in [-0.39, 0.29) is 23.6 Å². The van der Waals surface area contributed by atoms with Gasteiger partial charge in [0.1, 0.15) is 11.6 Å². The van der Waals surface area contributed by atoms with Crippen LogP contribution in [0.15, 0.2) is 24.3 Å². The Hall–Kier alpha value is -2.24. The number of aryl methyl sites for hydroxylation is 1. The van der Waals surface area contributed by atoms with Crippen molar-refractivity contribution in [2.75, 3.05) is 0 Å². The van der Waals surface area contributed by atoms with Crippen molar-refractivity contribution in [3.05, 3.63) is 41.7 Å². The number of nitrogens with one attached hydrogen (secondary N) is 1. The molecule has 5 nitrogen and oxygen atoms in total. The van der Waals surface area contributed by atoms with Gasteiger partial charge in [-0.15, -0.1) is 5.10 Å². The molecule has 6 heteroatoms. The van der Waals surface area contributed by atoms with Gasteiger partial charge < -0.3 is 5.32 Å².